The number of hydrogen-bond acceptors (Lipinski definition) is 8. The molecule has 11 nitrogen and oxygen atoms in total. The molecule has 2 aromatic rings. The molecule has 3 fully saturated rings. The minimum absolute atomic E-state index is 0.0441. The summed E-state index contributed by atoms with van der Waals surface area (Å²) in [6.45, 7) is 8.01. The topological polar surface area (TPSA) is 138 Å². The molecule has 4 aliphatic rings. The van der Waals surface area contributed by atoms with E-state index in [-0.39, 0.29) is 47.3 Å². The second-order valence-corrected chi connectivity index (χ2v) is 11.9. The average molecular weight is 576 g/mol. The van der Waals surface area contributed by atoms with Gasteiger partial charge in [0.25, 0.3) is 5.91 Å². The van der Waals surface area contributed by atoms with Gasteiger partial charge in [-0.05, 0) is 70.4 Å². The van der Waals surface area contributed by atoms with Gasteiger partial charge in [0.15, 0.2) is 0 Å². The lowest BCUT2D eigenvalue weighted by Crippen LogP contribution is -2.62. The molecule has 12 heteroatoms. The fourth-order valence-corrected chi connectivity index (χ4v) is 7.56. The van der Waals surface area contributed by atoms with Gasteiger partial charge in [-0.1, -0.05) is 18.3 Å². The van der Waals surface area contributed by atoms with E-state index in [1.54, 1.807) is 17.2 Å². The van der Waals surface area contributed by atoms with E-state index in [2.05, 4.69) is 37.8 Å². The van der Waals surface area contributed by atoms with E-state index in [9.17, 15) is 14.4 Å². The molecule has 4 N–H and O–H groups in total. The largest absolute Gasteiger partial charge is 0.437 e. The third-order valence-electron chi connectivity index (χ3n) is 8.09. The Balaban J connectivity index is 1.22. The van der Waals surface area contributed by atoms with Gasteiger partial charge in [0.05, 0.1) is 33.9 Å². The summed E-state index contributed by atoms with van der Waals surface area (Å²) in [7, 11) is 0. The van der Waals surface area contributed by atoms with Crippen molar-refractivity contribution in [2.24, 2.45) is 5.92 Å². The van der Waals surface area contributed by atoms with Crippen LogP contribution in [-0.2, 0) is 9.59 Å². The lowest BCUT2D eigenvalue weighted by Gasteiger charge is -2.46. The Morgan fingerprint density at radius 1 is 1.15 bits per heavy atom. The van der Waals surface area contributed by atoms with Crippen molar-refractivity contribution in [1.29, 1.82) is 0 Å². The summed E-state index contributed by atoms with van der Waals surface area (Å²) < 4.78 is 5.88. The first kappa shape index (κ1) is 27.3. The predicted molar refractivity (Wildman–Crippen MR) is 155 cm³/mol. The summed E-state index contributed by atoms with van der Waals surface area (Å²) in [6.07, 6.45) is 6.11. The number of ether oxygens (including phenoxy) is 1. The summed E-state index contributed by atoms with van der Waals surface area (Å²) >= 11 is 1.46. The summed E-state index contributed by atoms with van der Waals surface area (Å²) in [5.41, 5.74) is 2.93. The fourth-order valence-electron chi connectivity index (χ4n) is 6.16. The number of nitrogens with one attached hydrogen (secondary N) is 4. The molecule has 3 unspecified atom stereocenters. The molecular weight excluding hydrogens is 542 g/mol. The highest BCUT2D eigenvalue weighted by atomic mass is 32.2. The van der Waals surface area contributed by atoms with E-state index < -0.39 is 0 Å². The number of carbonyl (C=O) groups is 3. The Kier molecular flexibility index (Phi) is 7.43. The van der Waals surface area contributed by atoms with Crippen LogP contribution in [0.4, 0.5) is 10.5 Å². The molecule has 4 amide bonds. The van der Waals surface area contributed by atoms with Crippen molar-refractivity contribution in [2.45, 2.75) is 63.0 Å². The molecule has 41 heavy (non-hydrogen) atoms. The van der Waals surface area contributed by atoms with Crippen LogP contribution < -0.4 is 30.9 Å². The van der Waals surface area contributed by atoms with Gasteiger partial charge in [0.2, 0.25) is 11.8 Å². The third-order valence-corrected chi connectivity index (χ3v) is 9.45. The number of hydrogen-bond donors (Lipinski definition) is 4. The Morgan fingerprint density at radius 2 is 1.95 bits per heavy atom. The van der Waals surface area contributed by atoms with Crippen LogP contribution in [0.25, 0.3) is 0 Å². The zero-order valence-corrected chi connectivity index (χ0v) is 23.8. The zero-order valence-electron chi connectivity index (χ0n) is 23.0. The predicted octanol–water partition coefficient (Wildman–Crippen LogP) is 3.02. The molecule has 1 aliphatic carbocycles. The molecule has 2 saturated heterocycles. The Bertz CT molecular complexity index is 1430. The maximum atomic E-state index is 13.6. The molecule has 2 aromatic heterocycles. The van der Waals surface area contributed by atoms with Gasteiger partial charge in [-0.2, -0.15) is 0 Å². The molecule has 0 bridgehead atoms. The molecule has 3 aliphatic heterocycles. The number of piperidine rings is 1. The van der Waals surface area contributed by atoms with Crippen LogP contribution in [0.1, 0.15) is 37.1 Å². The normalized spacial score (nSPS) is 26.7. The van der Waals surface area contributed by atoms with Crippen LogP contribution in [0.5, 0.6) is 11.6 Å². The van der Waals surface area contributed by atoms with Gasteiger partial charge in [0.1, 0.15) is 5.75 Å². The molecule has 6 rings (SSSR count). The van der Waals surface area contributed by atoms with E-state index in [4.69, 9.17) is 4.74 Å². The van der Waals surface area contributed by atoms with Crippen LogP contribution in [0.2, 0.25) is 0 Å². The summed E-state index contributed by atoms with van der Waals surface area (Å²) in [5.74, 6) is 0.456. The van der Waals surface area contributed by atoms with Crippen molar-refractivity contribution in [1.82, 2.24) is 31.2 Å². The van der Waals surface area contributed by atoms with Crippen molar-refractivity contribution in [3.63, 3.8) is 0 Å². The van der Waals surface area contributed by atoms with Gasteiger partial charge in [-0.3, -0.25) is 19.5 Å². The molecular formula is C29H33N7O4S. The number of amides is 4. The second-order valence-electron chi connectivity index (χ2n) is 10.7. The zero-order chi connectivity index (χ0) is 28.7. The Hall–Kier alpha value is -3.90. The first-order chi connectivity index (χ1) is 19.8. The molecule has 0 spiro atoms. The van der Waals surface area contributed by atoms with Gasteiger partial charge in [-0.15, -0.1) is 0 Å². The molecule has 0 aromatic carbocycles. The smallest absolute Gasteiger partial charge is 0.326 e. The van der Waals surface area contributed by atoms with E-state index in [0.29, 0.717) is 33.6 Å². The second kappa shape index (κ2) is 11.2. The summed E-state index contributed by atoms with van der Waals surface area (Å²) in [6, 6.07) is 6.58. The maximum absolute atomic E-state index is 13.6. The fraction of sp³-hybridized carbons (Fsp3) is 0.414. The number of carbonyl (C=O) groups excluding carboxylic acids is 3. The van der Waals surface area contributed by atoms with Crippen molar-refractivity contribution in [3.8, 4) is 11.6 Å². The molecule has 1 saturated carbocycles. The number of aryl methyl sites for hydroxylation is 2. The number of urea groups is 1. The van der Waals surface area contributed by atoms with E-state index in [1.807, 2.05) is 32.0 Å². The van der Waals surface area contributed by atoms with Crippen LogP contribution in [0.15, 0.2) is 53.7 Å². The molecule has 5 heterocycles. The maximum Gasteiger partial charge on any atom is 0.326 e. The number of rotatable bonds is 7. The number of nitrogens with zero attached hydrogens (tertiary/aromatic N) is 3. The van der Waals surface area contributed by atoms with Crippen LogP contribution in [-0.4, -0.2) is 57.9 Å². The summed E-state index contributed by atoms with van der Waals surface area (Å²) in [5, 5.41) is 12.6. The minimum Gasteiger partial charge on any atom is -0.437 e. The lowest BCUT2D eigenvalue weighted by atomic mass is 9.86. The summed E-state index contributed by atoms with van der Waals surface area (Å²) in [4.78, 5) is 50.2. The van der Waals surface area contributed by atoms with Gasteiger partial charge in [-0.25, -0.2) is 9.78 Å². The highest BCUT2D eigenvalue weighted by Gasteiger charge is 2.52. The van der Waals surface area contributed by atoms with E-state index in [1.165, 1.54) is 17.8 Å². The average Bonchev–Trinajstić information content (AvgIpc) is 3.55. The van der Waals surface area contributed by atoms with E-state index >= 15 is 0 Å². The van der Waals surface area contributed by atoms with Gasteiger partial charge in [0, 0.05) is 35.5 Å². The van der Waals surface area contributed by atoms with Gasteiger partial charge >= 0.3 is 6.03 Å². The van der Waals surface area contributed by atoms with Crippen LogP contribution >= 0.6 is 11.8 Å². The highest BCUT2D eigenvalue weighted by molar-refractivity contribution is 8.04. The van der Waals surface area contributed by atoms with Crippen LogP contribution in [0, 0.1) is 19.8 Å². The van der Waals surface area contributed by atoms with Crippen LogP contribution in [0.3, 0.4) is 0 Å². The number of aromatic nitrogens is 2. The SMILES string of the molecule is C=CC(=O)N[C@H]1CCC[C@H]1NC(=O)C1=C2NC(=O)N(c3ccc(Oc4ccc(C)nc4)nc3C)C3CCNC(S1)C23. The number of thioether (sulfide) groups is 1. The first-order valence-electron chi connectivity index (χ1n) is 13.9. The monoisotopic (exact) mass is 575 g/mol. The molecule has 0 radical (unpaired) electrons. The van der Waals surface area contributed by atoms with Crippen molar-refractivity contribution in [2.75, 3.05) is 11.4 Å². The highest BCUT2D eigenvalue weighted by Crippen LogP contribution is 2.48. The molecule has 5 atom stereocenters. The van der Waals surface area contributed by atoms with Crippen molar-refractivity contribution in [3.05, 3.63) is 65.1 Å². The van der Waals surface area contributed by atoms with Crippen molar-refractivity contribution >= 4 is 35.3 Å². The standard InChI is InChI=1S/C29H33N7O4S/c1-4-22(37)33-18-6-5-7-19(18)34-27(38)26-25-24-21(12-13-30-28(24)41-26)36(29(39)35-25)20-10-11-23(32-16(20)3)40-17-9-8-15(2)31-14-17/h4,8-11,14,18-19,21,24,28,30H,1,5-7,12-13H2,2-3H3,(H,33,37)(H,34,38)(H,35,39)/t18-,19+,21?,24?,28?/m0/s1. The van der Waals surface area contributed by atoms with E-state index in [0.717, 1.165) is 37.9 Å². The quantitative estimate of drug-likeness (QED) is 0.370. The number of anilines is 1. The minimum atomic E-state index is -0.284. The molecule has 214 valence electrons. The number of pyridine rings is 2. The Morgan fingerprint density at radius 3 is 2.68 bits per heavy atom. The lowest BCUT2D eigenvalue weighted by molar-refractivity contribution is -0.119. The van der Waals surface area contributed by atoms with Crippen molar-refractivity contribution < 1.29 is 19.1 Å². The van der Waals surface area contributed by atoms with Gasteiger partial charge < -0.3 is 26.0 Å². The third kappa shape index (κ3) is 5.29. The Labute approximate surface area is 242 Å². The first-order valence-corrected chi connectivity index (χ1v) is 14.8.